The van der Waals surface area contributed by atoms with Gasteiger partial charge in [0.25, 0.3) is 0 Å². The van der Waals surface area contributed by atoms with Gasteiger partial charge in [-0.25, -0.2) is 0 Å². The number of nitrogens with zero attached hydrogens (tertiary/aromatic N) is 1. The van der Waals surface area contributed by atoms with Gasteiger partial charge in [-0.1, -0.05) is 77.8 Å². The van der Waals surface area contributed by atoms with E-state index in [-0.39, 0.29) is 24.8 Å². The number of nitrogens with one attached hydrogen (secondary N) is 1. The Morgan fingerprint density at radius 3 is 2.19 bits per heavy atom. The van der Waals surface area contributed by atoms with Crippen molar-refractivity contribution in [3.8, 4) is 0 Å². The number of likely N-dealkylation sites (N-methyl/N-ethyl adjacent to an activating group) is 1. The second kappa shape index (κ2) is 11.7. The van der Waals surface area contributed by atoms with Gasteiger partial charge in [0.2, 0.25) is 11.8 Å². The maximum absolute atomic E-state index is 13.5. The Labute approximate surface area is 199 Å². The van der Waals surface area contributed by atoms with Gasteiger partial charge in [-0.3, -0.25) is 9.59 Å². The third-order valence-corrected chi connectivity index (χ3v) is 5.62. The number of halogens is 2. The van der Waals surface area contributed by atoms with E-state index in [0.717, 1.165) is 16.7 Å². The van der Waals surface area contributed by atoms with E-state index in [2.05, 4.69) is 5.32 Å². The number of carbonyl (C=O) groups is 2. The lowest BCUT2D eigenvalue weighted by atomic mass is 10.0. The number of carbonyl (C=O) groups excluding carboxylic acids is 2. The fourth-order valence-electron chi connectivity index (χ4n) is 3.56. The summed E-state index contributed by atoms with van der Waals surface area (Å²) in [6.45, 7) is 2.64. The van der Waals surface area contributed by atoms with E-state index >= 15 is 0 Å². The van der Waals surface area contributed by atoms with Gasteiger partial charge in [0, 0.05) is 29.6 Å². The average Bonchev–Trinajstić information content (AvgIpc) is 2.78. The molecule has 0 fully saturated rings. The third kappa shape index (κ3) is 6.84. The molecule has 2 amide bonds. The molecule has 0 aliphatic carbocycles. The number of amides is 2. The lowest BCUT2D eigenvalue weighted by Gasteiger charge is -2.31. The lowest BCUT2D eigenvalue weighted by molar-refractivity contribution is -0.140. The molecule has 0 radical (unpaired) electrons. The molecule has 0 aromatic heterocycles. The highest BCUT2D eigenvalue weighted by molar-refractivity contribution is 6.30. The van der Waals surface area contributed by atoms with E-state index in [4.69, 9.17) is 23.2 Å². The number of rotatable bonds is 9. The van der Waals surface area contributed by atoms with Crippen LogP contribution >= 0.6 is 23.2 Å². The zero-order valence-corrected chi connectivity index (χ0v) is 19.4. The van der Waals surface area contributed by atoms with Crippen LogP contribution in [0.5, 0.6) is 0 Å². The van der Waals surface area contributed by atoms with Crippen LogP contribution in [0.2, 0.25) is 10.0 Å². The highest BCUT2D eigenvalue weighted by Gasteiger charge is 2.30. The van der Waals surface area contributed by atoms with Crippen molar-refractivity contribution in [2.24, 2.45) is 0 Å². The largest absolute Gasteiger partial charge is 0.355 e. The van der Waals surface area contributed by atoms with E-state index in [1.807, 2.05) is 67.6 Å². The molecular formula is C26H26Cl2N2O2. The predicted octanol–water partition coefficient (Wildman–Crippen LogP) is 5.31. The summed E-state index contributed by atoms with van der Waals surface area (Å²) in [5, 5.41) is 4.09. The molecule has 6 heteroatoms. The van der Waals surface area contributed by atoms with Gasteiger partial charge in [0.05, 0.1) is 6.42 Å². The van der Waals surface area contributed by atoms with E-state index in [1.54, 1.807) is 23.1 Å². The van der Waals surface area contributed by atoms with Crippen LogP contribution in [0.1, 0.15) is 23.6 Å². The van der Waals surface area contributed by atoms with Crippen LogP contribution in [-0.2, 0) is 29.0 Å². The first kappa shape index (κ1) is 23.8. The summed E-state index contributed by atoms with van der Waals surface area (Å²) in [6.07, 6.45) is 0.585. The summed E-state index contributed by atoms with van der Waals surface area (Å²) in [5.41, 5.74) is 2.69. The van der Waals surface area contributed by atoms with E-state index in [0.29, 0.717) is 23.0 Å². The minimum atomic E-state index is -0.656. The zero-order chi connectivity index (χ0) is 22.9. The van der Waals surface area contributed by atoms with Gasteiger partial charge < -0.3 is 10.2 Å². The van der Waals surface area contributed by atoms with E-state index in [1.165, 1.54) is 0 Å². The van der Waals surface area contributed by atoms with Gasteiger partial charge in [-0.15, -0.1) is 0 Å². The number of hydrogen-bond donors (Lipinski definition) is 1. The lowest BCUT2D eigenvalue weighted by Crippen LogP contribution is -2.50. The first-order valence-corrected chi connectivity index (χ1v) is 11.3. The summed E-state index contributed by atoms with van der Waals surface area (Å²) >= 11 is 12.2. The maximum atomic E-state index is 13.5. The molecule has 0 saturated carbocycles. The normalized spacial score (nSPS) is 11.6. The zero-order valence-electron chi connectivity index (χ0n) is 17.9. The molecule has 3 aromatic carbocycles. The summed E-state index contributed by atoms with van der Waals surface area (Å²) in [4.78, 5) is 28.3. The molecule has 4 nitrogen and oxygen atoms in total. The Bertz CT molecular complexity index is 1040. The molecule has 0 aliphatic rings. The number of hydrogen-bond acceptors (Lipinski definition) is 2. The molecule has 0 saturated heterocycles. The van der Waals surface area contributed by atoms with Crippen molar-refractivity contribution in [3.63, 3.8) is 0 Å². The molecule has 1 N–H and O–H groups in total. The van der Waals surface area contributed by atoms with Crippen molar-refractivity contribution in [3.05, 3.63) is 106 Å². The number of benzene rings is 3. The van der Waals surface area contributed by atoms with Crippen molar-refractivity contribution in [2.75, 3.05) is 6.54 Å². The second-order valence-corrected chi connectivity index (χ2v) is 8.43. The highest BCUT2D eigenvalue weighted by Crippen LogP contribution is 2.19. The van der Waals surface area contributed by atoms with Crippen LogP contribution in [0.25, 0.3) is 0 Å². The molecule has 0 bridgehead atoms. The minimum Gasteiger partial charge on any atom is -0.355 e. The van der Waals surface area contributed by atoms with Gasteiger partial charge in [0.1, 0.15) is 6.04 Å². The van der Waals surface area contributed by atoms with Crippen LogP contribution in [0.15, 0.2) is 78.9 Å². The molecule has 3 rings (SSSR count). The van der Waals surface area contributed by atoms with Crippen molar-refractivity contribution < 1.29 is 9.59 Å². The Balaban J connectivity index is 1.94. The van der Waals surface area contributed by atoms with E-state index < -0.39 is 6.04 Å². The van der Waals surface area contributed by atoms with Crippen LogP contribution in [0.3, 0.4) is 0 Å². The van der Waals surface area contributed by atoms with Gasteiger partial charge >= 0.3 is 0 Å². The van der Waals surface area contributed by atoms with Crippen LogP contribution in [-0.4, -0.2) is 29.3 Å². The summed E-state index contributed by atoms with van der Waals surface area (Å²) in [7, 11) is 0. The van der Waals surface area contributed by atoms with Crippen LogP contribution < -0.4 is 5.32 Å². The van der Waals surface area contributed by atoms with E-state index in [9.17, 15) is 9.59 Å². The standard InChI is InChI=1S/C26H26Cl2N2O2/c1-2-29-26(32)24(16-19-7-4-3-5-8-19)30(18-21-9-6-10-23(28)15-21)25(31)17-20-11-13-22(27)14-12-20/h3-15,24H,2,16-18H2,1H3,(H,29,32)/t24-/m0/s1. The van der Waals surface area contributed by atoms with Crippen molar-refractivity contribution in [2.45, 2.75) is 32.4 Å². The molecule has 0 heterocycles. The fraction of sp³-hybridized carbons (Fsp3) is 0.231. The predicted molar refractivity (Wildman–Crippen MR) is 130 cm³/mol. The molecule has 0 unspecified atom stereocenters. The van der Waals surface area contributed by atoms with Gasteiger partial charge in [0.15, 0.2) is 0 Å². The third-order valence-electron chi connectivity index (χ3n) is 5.13. The summed E-state index contributed by atoms with van der Waals surface area (Å²) in [6, 6.07) is 23.6. The van der Waals surface area contributed by atoms with Crippen molar-refractivity contribution in [1.29, 1.82) is 0 Å². The van der Waals surface area contributed by atoms with Gasteiger partial charge in [-0.05, 0) is 47.9 Å². The monoisotopic (exact) mass is 468 g/mol. The maximum Gasteiger partial charge on any atom is 0.243 e. The molecule has 0 spiro atoms. The van der Waals surface area contributed by atoms with Crippen molar-refractivity contribution >= 4 is 35.0 Å². The SMILES string of the molecule is CCNC(=O)[C@H](Cc1ccccc1)N(Cc1cccc(Cl)c1)C(=O)Cc1ccc(Cl)cc1. The Kier molecular flexibility index (Phi) is 8.72. The average molecular weight is 469 g/mol. The van der Waals surface area contributed by atoms with Crippen molar-refractivity contribution in [1.82, 2.24) is 10.2 Å². The summed E-state index contributed by atoms with van der Waals surface area (Å²) in [5.74, 6) is -0.317. The van der Waals surface area contributed by atoms with Crippen LogP contribution in [0.4, 0.5) is 0 Å². The highest BCUT2D eigenvalue weighted by atomic mass is 35.5. The molecular weight excluding hydrogens is 443 g/mol. The fourth-order valence-corrected chi connectivity index (χ4v) is 3.90. The first-order chi connectivity index (χ1) is 15.5. The molecule has 166 valence electrons. The minimum absolute atomic E-state index is 0.139. The first-order valence-electron chi connectivity index (χ1n) is 10.6. The van der Waals surface area contributed by atoms with Crippen LogP contribution in [0, 0.1) is 0 Å². The topological polar surface area (TPSA) is 49.4 Å². The summed E-state index contributed by atoms with van der Waals surface area (Å²) < 4.78 is 0. The molecule has 3 aromatic rings. The molecule has 0 aliphatic heterocycles. The molecule has 32 heavy (non-hydrogen) atoms. The quantitative estimate of drug-likeness (QED) is 0.462. The Hall–Kier alpha value is -2.82. The second-order valence-electron chi connectivity index (χ2n) is 7.55. The Morgan fingerprint density at radius 1 is 0.844 bits per heavy atom. The van der Waals surface area contributed by atoms with Gasteiger partial charge in [-0.2, -0.15) is 0 Å². The molecule has 1 atom stereocenters. The Morgan fingerprint density at radius 2 is 1.53 bits per heavy atom. The smallest absolute Gasteiger partial charge is 0.243 e.